The molecule has 2 rings (SSSR count). The summed E-state index contributed by atoms with van der Waals surface area (Å²) in [5.41, 5.74) is 1.14. The Bertz CT molecular complexity index is 633. The zero-order valence-corrected chi connectivity index (χ0v) is 14.9. The smallest absolute Gasteiger partial charge is 0.308 e. The number of ether oxygens (including phenoxy) is 1. The van der Waals surface area contributed by atoms with Crippen molar-refractivity contribution in [2.75, 3.05) is 12.9 Å². The summed E-state index contributed by atoms with van der Waals surface area (Å²) >= 11 is 0. The lowest BCUT2D eigenvalue weighted by atomic mass is 9.76. The Morgan fingerprint density at radius 3 is 2.39 bits per heavy atom. The van der Waals surface area contributed by atoms with Gasteiger partial charge >= 0.3 is 5.97 Å². The van der Waals surface area contributed by atoms with E-state index in [1.54, 1.807) is 12.1 Å². The molecule has 128 valence electrons. The Kier molecular flexibility index (Phi) is 5.84. The maximum absolute atomic E-state index is 12.6. The third-order valence-electron chi connectivity index (χ3n) is 5.01. The Labute approximate surface area is 139 Å². The van der Waals surface area contributed by atoms with Crippen LogP contribution in [0.15, 0.2) is 29.2 Å². The van der Waals surface area contributed by atoms with Gasteiger partial charge in [-0.15, -0.1) is 0 Å². The normalized spacial score (nSPS) is 25.1. The minimum absolute atomic E-state index is 0.0854. The van der Waals surface area contributed by atoms with E-state index >= 15 is 0 Å². The number of methoxy groups -OCH3 is 1. The molecule has 1 fully saturated rings. The molecular weight excluding hydrogens is 312 g/mol. The van der Waals surface area contributed by atoms with Gasteiger partial charge in [0.05, 0.1) is 23.7 Å². The molecule has 1 saturated carbocycles. The van der Waals surface area contributed by atoms with Crippen molar-refractivity contribution in [3.8, 4) is 0 Å². The molecular formula is C18H26O4S. The molecule has 1 aromatic rings. The van der Waals surface area contributed by atoms with Crippen molar-refractivity contribution in [3.63, 3.8) is 0 Å². The maximum Gasteiger partial charge on any atom is 0.308 e. The van der Waals surface area contributed by atoms with Gasteiger partial charge in [0.15, 0.2) is 9.84 Å². The first-order chi connectivity index (χ1) is 10.9. The van der Waals surface area contributed by atoms with Gasteiger partial charge in [-0.1, -0.05) is 26.0 Å². The van der Waals surface area contributed by atoms with E-state index in [4.69, 9.17) is 4.74 Å². The summed E-state index contributed by atoms with van der Waals surface area (Å²) in [5, 5.41) is 0. The molecule has 0 spiro atoms. The van der Waals surface area contributed by atoms with Crippen LogP contribution in [0.4, 0.5) is 0 Å². The summed E-state index contributed by atoms with van der Waals surface area (Å²) in [6, 6.07) is 7.17. The molecule has 1 aromatic carbocycles. The fourth-order valence-electron chi connectivity index (χ4n) is 3.40. The van der Waals surface area contributed by atoms with E-state index in [1.165, 1.54) is 7.11 Å². The molecule has 0 bridgehead atoms. The van der Waals surface area contributed by atoms with Gasteiger partial charge in [-0.05, 0) is 55.2 Å². The molecule has 3 unspecified atom stereocenters. The van der Waals surface area contributed by atoms with Crippen LogP contribution in [-0.4, -0.2) is 27.2 Å². The number of esters is 1. The highest BCUT2D eigenvalue weighted by molar-refractivity contribution is 7.91. The van der Waals surface area contributed by atoms with Crippen LogP contribution in [0.5, 0.6) is 0 Å². The predicted octanol–water partition coefficient (Wildman–Crippen LogP) is 3.25. The van der Waals surface area contributed by atoms with Crippen LogP contribution in [0.25, 0.3) is 0 Å². The molecule has 4 nitrogen and oxygen atoms in total. The van der Waals surface area contributed by atoms with Crippen LogP contribution >= 0.6 is 0 Å². The minimum Gasteiger partial charge on any atom is -0.469 e. The molecule has 0 amide bonds. The van der Waals surface area contributed by atoms with Gasteiger partial charge in [0.25, 0.3) is 0 Å². The van der Waals surface area contributed by atoms with E-state index in [9.17, 15) is 13.2 Å². The largest absolute Gasteiger partial charge is 0.469 e. The standard InChI is InChI=1S/C18H26O4S/c1-4-14-5-9-17(10-6-14)23(20,21)12-16-8-7-15(11-13(16)2)18(19)22-3/h5-6,9-10,13,15-16H,4,7-8,11-12H2,1-3H3. The lowest BCUT2D eigenvalue weighted by Crippen LogP contribution is -2.32. The first-order valence-corrected chi connectivity index (χ1v) is 9.92. The van der Waals surface area contributed by atoms with Crippen molar-refractivity contribution in [2.24, 2.45) is 17.8 Å². The molecule has 0 radical (unpaired) electrons. The zero-order valence-electron chi connectivity index (χ0n) is 14.1. The van der Waals surface area contributed by atoms with E-state index in [2.05, 4.69) is 0 Å². The zero-order chi connectivity index (χ0) is 17.0. The third kappa shape index (κ3) is 4.34. The summed E-state index contributed by atoms with van der Waals surface area (Å²) in [4.78, 5) is 12.0. The van der Waals surface area contributed by atoms with Crippen molar-refractivity contribution < 1.29 is 17.9 Å². The molecule has 5 heteroatoms. The van der Waals surface area contributed by atoms with Crippen LogP contribution in [0.3, 0.4) is 0 Å². The van der Waals surface area contributed by atoms with Gasteiger partial charge in [-0.3, -0.25) is 4.79 Å². The van der Waals surface area contributed by atoms with Crippen LogP contribution in [0, 0.1) is 17.8 Å². The summed E-state index contributed by atoms with van der Waals surface area (Å²) in [6.45, 7) is 4.08. The number of carbonyl (C=O) groups is 1. The SMILES string of the molecule is CCc1ccc(S(=O)(=O)CC2CCC(C(=O)OC)CC2C)cc1. The molecule has 0 aliphatic heterocycles. The average Bonchev–Trinajstić information content (AvgIpc) is 2.55. The number of hydrogen-bond donors (Lipinski definition) is 0. The van der Waals surface area contributed by atoms with E-state index in [0.717, 1.165) is 18.4 Å². The van der Waals surface area contributed by atoms with Gasteiger partial charge in [0, 0.05) is 0 Å². The number of benzene rings is 1. The topological polar surface area (TPSA) is 60.4 Å². The molecule has 3 atom stereocenters. The molecule has 0 heterocycles. The minimum atomic E-state index is -3.28. The van der Waals surface area contributed by atoms with E-state index in [0.29, 0.717) is 17.7 Å². The second-order valence-corrected chi connectivity index (χ2v) is 8.58. The highest BCUT2D eigenvalue weighted by Crippen LogP contribution is 2.36. The lowest BCUT2D eigenvalue weighted by molar-refractivity contribution is -0.147. The molecule has 23 heavy (non-hydrogen) atoms. The first kappa shape index (κ1) is 18.0. The monoisotopic (exact) mass is 338 g/mol. The van der Waals surface area contributed by atoms with Gasteiger partial charge < -0.3 is 4.74 Å². The number of carbonyl (C=O) groups excluding carboxylic acids is 1. The van der Waals surface area contributed by atoms with Crippen molar-refractivity contribution in [1.82, 2.24) is 0 Å². The Morgan fingerprint density at radius 2 is 1.87 bits per heavy atom. The number of sulfone groups is 1. The quantitative estimate of drug-likeness (QED) is 0.773. The Hall–Kier alpha value is -1.36. The molecule has 0 aromatic heterocycles. The van der Waals surface area contributed by atoms with Crippen LogP contribution in [0.2, 0.25) is 0 Å². The molecule has 0 N–H and O–H groups in total. The predicted molar refractivity (Wildman–Crippen MR) is 89.9 cm³/mol. The Morgan fingerprint density at radius 1 is 1.22 bits per heavy atom. The van der Waals surface area contributed by atoms with Crippen molar-refractivity contribution >= 4 is 15.8 Å². The van der Waals surface area contributed by atoms with Gasteiger partial charge in [-0.2, -0.15) is 0 Å². The summed E-state index contributed by atoms with van der Waals surface area (Å²) in [7, 11) is -1.87. The highest BCUT2D eigenvalue weighted by Gasteiger charge is 2.34. The maximum atomic E-state index is 12.6. The molecule has 0 saturated heterocycles. The summed E-state index contributed by atoms with van der Waals surface area (Å²) in [6.07, 6.45) is 3.08. The van der Waals surface area contributed by atoms with Gasteiger partial charge in [0.1, 0.15) is 0 Å². The van der Waals surface area contributed by atoms with Crippen LogP contribution < -0.4 is 0 Å². The van der Waals surface area contributed by atoms with E-state index in [-0.39, 0.29) is 29.5 Å². The second kappa shape index (κ2) is 7.47. The highest BCUT2D eigenvalue weighted by atomic mass is 32.2. The van der Waals surface area contributed by atoms with Gasteiger partial charge in [-0.25, -0.2) is 8.42 Å². The lowest BCUT2D eigenvalue weighted by Gasteiger charge is -2.32. The fourth-order valence-corrected chi connectivity index (χ4v) is 5.20. The summed E-state index contributed by atoms with van der Waals surface area (Å²) in [5.74, 6) is 0.212. The fraction of sp³-hybridized carbons (Fsp3) is 0.611. The van der Waals surface area contributed by atoms with Crippen LogP contribution in [-0.2, 0) is 25.8 Å². The van der Waals surface area contributed by atoms with E-state index < -0.39 is 9.84 Å². The number of hydrogen-bond acceptors (Lipinski definition) is 4. The molecule has 1 aliphatic carbocycles. The first-order valence-electron chi connectivity index (χ1n) is 8.27. The summed E-state index contributed by atoms with van der Waals surface area (Å²) < 4.78 is 30.1. The average molecular weight is 338 g/mol. The van der Waals surface area contributed by atoms with Crippen LogP contribution in [0.1, 0.15) is 38.7 Å². The third-order valence-corrected chi connectivity index (χ3v) is 6.86. The Balaban J connectivity index is 2.04. The van der Waals surface area contributed by atoms with Gasteiger partial charge in [0.2, 0.25) is 0 Å². The number of rotatable bonds is 5. The van der Waals surface area contributed by atoms with Crippen molar-refractivity contribution in [2.45, 2.75) is 44.4 Å². The number of aryl methyl sites for hydroxylation is 1. The van der Waals surface area contributed by atoms with Crippen molar-refractivity contribution in [1.29, 1.82) is 0 Å². The van der Waals surface area contributed by atoms with Crippen molar-refractivity contribution in [3.05, 3.63) is 29.8 Å². The molecule has 1 aliphatic rings. The second-order valence-electron chi connectivity index (χ2n) is 6.55. The van der Waals surface area contributed by atoms with E-state index in [1.807, 2.05) is 26.0 Å².